The second-order valence-corrected chi connectivity index (χ2v) is 3.98. The molecule has 0 aliphatic rings. The van der Waals surface area contributed by atoms with Gasteiger partial charge in [0, 0.05) is 18.3 Å². The van der Waals surface area contributed by atoms with Gasteiger partial charge < -0.3 is 10.1 Å². The minimum Gasteiger partial charge on any atom is -0.481 e. The van der Waals surface area contributed by atoms with Crippen molar-refractivity contribution in [3.63, 3.8) is 0 Å². The van der Waals surface area contributed by atoms with Crippen molar-refractivity contribution in [1.82, 2.24) is 9.97 Å². The van der Waals surface area contributed by atoms with Crippen molar-refractivity contribution >= 4 is 5.95 Å². The van der Waals surface area contributed by atoms with Crippen LogP contribution in [0.1, 0.15) is 11.3 Å². The highest BCUT2D eigenvalue weighted by molar-refractivity contribution is 5.32. The molecule has 0 fully saturated rings. The van der Waals surface area contributed by atoms with Gasteiger partial charge in [-0.25, -0.2) is 13.8 Å². The van der Waals surface area contributed by atoms with Crippen molar-refractivity contribution in [1.29, 1.82) is 0 Å². The predicted molar refractivity (Wildman–Crippen MR) is 67.0 cm³/mol. The van der Waals surface area contributed by atoms with Crippen LogP contribution in [0.15, 0.2) is 24.3 Å². The molecule has 0 radical (unpaired) electrons. The summed E-state index contributed by atoms with van der Waals surface area (Å²) in [6.45, 7) is 2.11. The number of ether oxygens (including phenoxy) is 1. The molecule has 1 N–H and O–H groups in total. The highest BCUT2D eigenvalue weighted by Crippen LogP contribution is 2.13. The number of aryl methyl sites for hydroxylation is 1. The van der Waals surface area contributed by atoms with Crippen molar-refractivity contribution in [2.75, 3.05) is 12.4 Å². The summed E-state index contributed by atoms with van der Waals surface area (Å²) in [6.07, 6.45) is 0. The van der Waals surface area contributed by atoms with E-state index < -0.39 is 11.6 Å². The van der Waals surface area contributed by atoms with Gasteiger partial charge in [0.2, 0.25) is 11.8 Å². The molecule has 100 valence electrons. The zero-order valence-corrected chi connectivity index (χ0v) is 10.6. The standard InChI is InChI=1S/C13H13F2N3O/c1-8-5-12(19-2)18-13(17-8)16-7-9-3-4-10(14)11(15)6-9/h3-6H,7H2,1-2H3,(H,16,17,18). The molecular formula is C13H13F2N3O. The van der Waals surface area contributed by atoms with E-state index >= 15 is 0 Å². The molecule has 6 heteroatoms. The van der Waals surface area contributed by atoms with Crippen LogP contribution >= 0.6 is 0 Å². The summed E-state index contributed by atoms with van der Waals surface area (Å²) in [6, 6.07) is 5.42. The van der Waals surface area contributed by atoms with Crippen LogP contribution in [0, 0.1) is 18.6 Å². The third kappa shape index (κ3) is 3.37. The van der Waals surface area contributed by atoms with E-state index in [1.807, 2.05) is 6.92 Å². The van der Waals surface area contributed by atoms with Crippen molar-refractivity contribution in [3.05, 3.63) is 47.2 Å². The summed E-state index contributed by atoms with van der Waals surface area (Å²) in [4.78, 5) is 8.26. The van der Waals surface area contributed by atoms with Gasteiger partial charge in [0.15, 0.2) is 11.6 Å². The molecule has 0 aliphatic carbocycles. The van der Waals surface area contributed by atoms with Gasteiger partial charge in [-0.15, -0.1) is 0 Å². The van der Waals surface area contributed by atoms with Gasteiger partial charge >= 0.3 is 0 Å². The largest absolute Gasteiger partial charge is 0.481 e. The van der Waals surface area contributed by atoms with Crippen molar-refractivity contribution in [2.45, 2.75) is 13.5 Å². The van der Waals surface area contributed by atoms with Gasteiger partial charge in [0.1, 0.15) is 0 Å². The molecule has 0 atom stereocenters. The van der Waals surface area contributed by atoms with Crippen LogP contribution in [-0.2, 0) is 6.54 Å². The summed E-state index contributed by atoms with van der Waals surface area (Å²) in [5.74, 6) is -0.916. The molecule has 0 saturated carbocycles. The Morgan fingerprint density at radius 1 is 1.16 bits per heavy atom. The molecule has 0 amide bonds. The SMILES string of the molecule is COc1cc(C)nc(NCc2ccc(F)c(F)c2)n1. The second kappa shape index (κ2) is 5.60. The lowest BCUT2D eigenvalue weighted by atomic mass is 10.2. The fourth-order valence-corrected chi connectivity index (χ4v) is 1.55. The minimum absolute atomic E-state index is 0.295. The molecule has 4 nitrogen and oxygen atoms in total. The first kappa shape index (κ1) is 13.2. The van der Waals surface area contributed by atoms with Crippen LogP contribution < -0.4 is 10.1 Å². The van der Waals surface area contributed by atoms with Crippen molar-refractivity contribution in [3.8, 4) is 5.88 Å². The van der Waals surface area contributed by atoms with E-state index in [-0.39, 0.29) is 0 Å². The molecule has 0 bridgehead atoms. The van der Waals surface area contributed by atoms with Gasteiger partial charge in [-0.2, -0.15) is 4.98 Å². The predicted octanol–water partition coefficient (Wildman–Crippen LogP) is 2.68. The minimum atomic E-state index is -0.873. The Hall–Kier alpha value is -2.24. The van der Waals surface area contributed by atoms with Gasteiger partial charge in [0.05, 0.1) is 7.11 Å². The summed E-state index contributed by atoms with van der Waals surface area (Å²) in [5, 5.41) is 2.93. The number of nitrogens with one attached hydrogen (secondary N) is 1. The van der Waals surface area contributed by atoms with Crippen molar-refractivity contribution in [2.24, 2.45) is 0 Å². The number of rotatable bonds is 4. The number of hydrogen-bond acceptors (Lipinski definition) is 4. The Morgan fingerprint density at radius 3 is 2.63 bits per heavy atom. The van der Waals surface area contributed by atoms with E-state index in [0.717, 1.165) is 17.8 Å². The zero-order valence-electron chi connectivity index (χ0n) is 10.6. The van der Waals surface area contributed by atoms with E-state index in [1.165, 1.54) is 13.2 Å². The van der Waals surface area contributed by atoms with Gasteiger partial charge in [-0.3, -0.25) is 0 Å². The second-order valence-electron chi connectivity index (χ2n) is 3.98. The average molecular weight is 265 g/mol. The Kier molecular flexibility index (Phi) is 3.89. The Bertz CT molecular complexity index is 590. The Morgan fingerprint density at radius 2 is 1.95 bits per heavy atom. The fourth-order valence-electron chi connectivity index (χ4n) is 1.55. The first-order chi connectivity index (χ1) is 9.08. The normalized spacial score (nSPS) is 10.3. The smallest absolute Gasteiger partial charge is 0.226 e. The number of benzene rings is 1. The third-order valence-electron chi connectivity index (χ3n) is 2.47. The van der Waals surface area contributed by atoms with Gasteiger partial charge in [0.25, 0.3) is 0 Å². The number of anilines is 1. The molecule has 0 aliphatic heterocycles. The van der Waals surface area contributed by atoms with E-state index in [4.69, 9.17) is 4.74 Å². The summed E-state index contributed by atoms with van der Waals surface area (Å²) in [5.41, 5.74) is 1.35. The molecule has 1 heterocycles. The number of methoxy groups -OCH3 is 1. The van der Waals surface area contributed by atoms with Crippen LogP contribution in [0.5, 0.6) is 5.88 Å². The molecule has 0 unspecified atom stereocenters. The fraction of sp³-hybridized carbons (Fsp3) is 0.231. The topological polar surface area (TPSA) is 47.0 Å². The molecule has 2 rings (SSSR count). The van der Waals surface area contributed by atoms with Gasteiger partial charge in [-0.1, -0.05) is 6.07 Å². The molecule has 1 aromatic heterocycles. The van der Waals surface area contributed by atoms with Crippen LogP contribution in [0.3, 0.4) is 0 Å². The van der Waals surface area contributed by atoms with Crippen LogP contribution in [0.2, 0.25) is 0 Å². The van der Waals surface area contributed by atoms with E-state index in [2.05, 4.69) is 15.3 Å². The summed E-state index contributed by atoms with van der Waals surface area (Å²) >= 11 is 0. The first-order valence-electron chi connectivity index (χ1n) is 5.66. The summed E-state index contributed by atoms with van der Waals surface area (Å²) < 4.78 is 30.8. The number of nitrogens with zero attached hydrogens (tertiary/aromatic N) is 2. The lowest BCUT2D eigenvalue weighted by molar-refractivity contribution is 0.397. The maximum Gasteiger partial charge on any atom is 0.226 e. The van der Waals surface area contributed by atoms with Gasteiger partial charge in [-0.05, 0) is 24.6 Å². The highest BCUT2D eigenvalue weighted by Gasteiger charge is 2.05. The molecule has 0 saturated heterocycles. The quantitative estimate of drug-likeness (QED) is 0.923. The molecule has 0 spiro atoms. The molecule has 19 heavy (non-hydrogen) atoms. The Balaban J connectivity index is 2.09. The molecule has 1 aromatic carbocycles. The van der Waals surface area contributed by atoms with E-state index in [1.54, 1.807) is 6.07 Å². The lowest BCUT2D eigenvalue weighted by Gasteiger charge is -2.07. The molecular weight excluding hydrogens is 252 g/mol. The maximum atomic E-state index is 13.0. The highest BCUT2D eigenvalue weighted by atomic mass is 19.2. The number of halogens is 2. The summed E-state index contributed by atoms with van der Waals surface area (Å²) in [7, 11) is 1.51. The number of aromatic nitrogens is 2. The zero-order chi connectivity index (χ0) is 13.8. The van der Waals surface area contributed by atoms with Crippen LogP contribution in [-0.4, -0.2) is 17.1 Å². The van der Waals surface area contributed by atoms with Crippen LogP contribution in [0.4, 0.5) is 14.7 Å². The Labute approximate surface area is 109 Å². The monoisotopic (exact) mass is 265 g/mol. The average Bonchev–Trinajstić information content (AvgIpc) is 2.39. The van der Waals surface area contributed by atoms with E-state index in [0.29, 0.717) is 23.9 Å². The van der Waals surface area contributed by atoms with Crippen LogP contribution in [0.25, 0.3) is 0 Å². The van der Waals surface area contributed by atoms with E-state index in [9.17, 15) is 8.78 Å². The van der Waals surface area contributed by atoms with Crippen molar-refractivity contribution < 1.29 is 13.5 Å². The maximum absolute atomic E-state index is 13.0. The number of hydrogen-bond donors (Lipinski definition) is 1. The first-order valence-corrected chi connectivity index (χ1v) is 5.66. The molecule has 2 aromatic rings. The lowest BCUT2D eigenvalue weighted by Crippen LogP contribution is -2.05. The third-order valence-corrected chi connectivity index (χ3v) is 2.47.